The summed E-state index contributed by atoms with van der Waals surface area (Å²) < 4.78 is 78.4. The third-order valence-corrected chi connectivity index (χ3v) is 19.1. The van der Waals surface area contributed by atoms with Crippen LogP contribution in [-0.4, -0.2) is 126 Å². The van der Waals surface area contributed by atoms with E-state index in [1.54, 1.807) is 0 Å². The Labute approximate surface area is 575 Å². The molecule has 8 bridgehead atoms. The fourth-order valence-electron chi connectivity index (χ4n) is 11.1. The van der Waals surface area contributed by atoms with Crippen molar-refractivity contribution in [3.63, 3.8) is 0 Å². The lowest BCUT2D eigenvalue weighted by Gasteiger charge is -2.19. The van der Waals surface area contributed by atoms with Crippen LogP contribution in [-0.2, 0) is 18.9 Å². The molecule has 7 heterocycles. The Hall–Kier alpha value is -4.92. The number of aromatic nitrogens is 4. The van der Waals surface area contributed by atoms with Gasteiger partial charge in [0.25, 0.3) is 0 Å². The van der Waals surface area contributed by atoms with Gasteiger partial charge in [-0.3, -0.25) is 0 Å². The predicted octanol–water partition coefficient (Wildman–Crippen LogP) is 19.8. The zero-order chi connectivity index (χ0) is 65.1. The van der Waals surface area contributed by atoms with Gasteiger partial charge in [0.05, 0.1) is 168 Å². The first-order valence-corrected chi connectivity index (χ1v) is 34.2. The number of halogens is 8. The minimum atomic E-state index is 0.0668. The van der Waals surface area contributed by atoms with E-state index in [4.69, 9.17) is 160 Å². The van der Waals surface area contributed by atoms with Gasteiger partial charge in [-0.05, 0) is 73.6 Å². The van der Waals surface area contributed by atoms with Gasteiger partial charge in [-0.25, -0.2) is 9.97 Å². The molecule has 3 aromatic heterocycles. The normalized spacial score (nSPS) is 14.9. The van der Waals surface area contributed by atoms with Gasteiger partial charge in [-0.2, -0.15) is 0 Å². The zero-order valence-electron chi connectivity index (χ0n) is 52.6. The van der Waals surface area contributed by atoms with Crippen molar-refractivity contribution in [1.82, 2.24) is 19.9 Å². The number of aromatic amines is 2. The molecule has 0 saturated carbocycles. The molecule has 24 heteroatoms. The summed E-state index contributed by atoms with van der Waals surface area (Å²) in [4.78, 5) is 18.7. The summed E-state index contributed by atoms with van der Waals surface area (Å²) in [6, 6.07) is 7.51. The lowest BCUT2D eigenvalue weighted by molar-refractivity contribution is 0.0276. The Kier molecular flexibility index (Phi) is 22.7. The van der Waals surface area contributed by atoms with Crippen molar-refractivity contribution in [1.29, 1.82) is 0 Å². The molecule has 0 radical (unpaired) electrons. The molecule has 0 aliphatic carbocycles. The Morgan fingerprint density at radius 1 is 0.326 bits per heavy atom. The second-order valence-electron chi connectivity index (χ2n) is 24.4. The molecule has 4 aromatic carbocycles. The maximum Gasteiger partial charge on any atom is 0.149 e. The standard InChI is InChI=1S/C68H74Cl8N4O12/c1-33(2)9-13-85-61-45-37-29-38-46-51-43(78-38)32-44-52-48(64(88-16-12-36(7)8)56(72)60(76)68(52)92-28-24-84-20-19-83-23-27-91-67(51)58(74)54(70)62(46)86-14-10-34(3)4)40(80-44)30-39-47-50-42(79-39)31-41(77-37)49(45)65(57(73)53(61)69)89-25-21-81-17-18-82-22-26-90-66(50)59(75)55(71)63(47)87-15-11-35(5)6/h29-36,77,80H,9-28H2,1-8H3. The third-order valence-electron chi connectivity index (χ3n) is 15.8. The Bertz CT molecular complexity index is 3820. The van der Waals surface area contributed by atoms with Gasteiger partial charge < -0.3 is 66.8 Å². The summed E-state index contributed by atoms with van der Waals surface area (Å²) in [6.45, 7) is 20.0. The fraction of sp³-hybridized carbons (Fsp3) is 0.471. The molecule has 0 amide bonds. The molecule has 16 nitrogen and oxygen atoms in total. The lowest BCUT2D eigenvalue weighted by Crippen LogP contribution is -2.14. The summed E-state index contributed by atoms with van der Waals surface area (Å²) in [7, 11) is 0. The molecule has 7 aromatic rings. The van der Waals surface area contributed by atoms with Crippen LogP contribution in [0.2, 0.25) is 40.2 Å². The largest absolute Gasteiger partial charge is 0.491 e. The Morgan fingerprint density at radius 2 is 0.576 bits per heavy atom. The van der Waals surface area contributed by atoms with Gasteiger partial charge in [0.2, 0.25) is 0 Å². The van der Waals surface area contributed by atoms with E-state index >= 15 is 0 Å². The van der Waals surface area contributed by atoms with Crippen LogP contribution in [0.1, 0.15) is 81.1 Å². The van der Waals surface area contributed by atoms with Crippen LogP contribution in [0, 0.1) is 23.7 Å². The van der Waals surface area contributed by atoms with Crippen molar-refractivity contribution in [2.75, 3.05) is 106 Å². The number of benzene rings is 4. The van der Waals surface area contributed by atoms with E-state index in [0.29, 0.717) is 114 Å². The lowest BCUT2D eigenvalue weighted by atomic mass is 10.0. The predicted molar refractivity (Wildman–Crippen MR) is 370 cm³/mol. The monoisotopic (exact) mass is 1420 g/mol. The molecule has 0 spiro atoms. The molecular weight excluding hydrogens is 1350 g/mol. The average molecular weight is 1420 g/mol. The second kappa shape index (κ2) is 30.4. The number of H-pyrrole nitrogens is 2. The number of ether oxygens (including phenoxy) is 12. The van der Waals surface area contributed by atoms with Gasteiger partial charge >= 0.3 is 0 Å². The highest BCUT2D eigenvalue weighted by molar-refractivity contribution is 6.48. The summed E-state index contributed by atoms with van der Waals surface area (Å²) >= 11 is 60.0. The molecule has 2 N–H and O–H groups in total. The summed E-state index contributed by atoms with van der Waals surface area (Å²) in [5, 5.41) is 2.81. The highest BCUT2D eigenvalue weighted by Crippen LogP contribution is 2.60. The first-order valence-electron chi connectivity index (χ1n) is 31.2. The maximum atomic E-state index is 7.51. The summed E-state index contributed by atoms with van der Waals surface area (Å²) in [6.07, 6.45) is 2.74. The topological polar surface area (TPSA) is 168 Å². The van der Waals surface area contributed by atoms with Gasteiger partial charge in [0.15, 0.2) is 0 Å². The van der Waals surface area contributed by atoms with Crippen LogP contribution in [0.15, 0.2) is 24.3 Å². The van der Waals surface area contributed by atoms with Gasteiger partial charge in [0, 0.05) is 0 Å². The number of nitrogens with zero attached hydrogens (tertiary/aromatic N) is 2. The average Bonchev–Trinajstić information content (AvgIpc) is 1.56. The van der Waals surface area contributed by atoms with E-state index in [-0.39, 0.29) is 216 Å². The van der Waals surface area contributed by atoms with Crippen molar-refractivity contribution in [2.45, 2.75) is 81.1 Å². The number of nitrogens with one attached hydrogen (secondary N) is 2. The fourth-order valence-corrected chi connectivity index (χ4v) is 13.0. The van der Waals surface area contributed by atoms with Gasteiger partial charge in [-0.1, -0.05) is 148 Å². The van der Waals surface area contributed by atoms with Crippen molar-refractivity contribution >= 4 is 136 Å². The number of hydrogen-bond acceptors (Lipinski definition) is 14. The summed E-state index contributed by atoms with van der Waals surface area (Å²) in [5.74, 6) is 3.11. The van der Waals surface area contributed by atoms with Crippen molar-refractivity contribution < 1.29 is 56.8 Å². The Morgan fingerprint density at radius 3 is 0.891 bits per heavy atom. The molecule has 92 heavy (non-hydrogen) atoms. The molecule has 494 valence electrons. The molecule has 0 atom stereocenters. The molecule has 0 saturated heterocycles. The van der Waals surface area contributed by atoms with Crippen molar-refractivity contribution in [3.05, 3.63) is 64.4 Å². The van der Waals surface area contributed by atoms with Crippen LogP contribution in [0.25, 0.3) is 88.6 Å². The SMILES string of the molecule is CC(C)CCOc1c(Cl)c(Cl)c2c3c1-c1cc4[nH]c5cc6nc(cc7[nH]c(cc-3n1)c1c(c(Cl)c(Cl)c(OCCC(C)C)c71)OCCOCCOCCO2)-c1c(OCCC(C)C)c(Cl)c(Cl)c(c1-6)OCCOCCOCCOc1c(Cl)c(Cl)c(OCCC(C)C)c4c15. The third kappa shape index (κ3) is 14.3. The van der Waals surface area contributed by atoms with Crippen LogP contribution >= 0.6 is 92.8 Å². The van der Waals surface area contributed by atoms with Gasteiger partial charge in [-0.15, -0.1) is 0 Å². The minimum absolute atomic E-state index is 0.0668. The minimum Gasteiger partial charge on any atom is -0.491 e. The second-order valence-corrected chi connectivity index (χ2v) is 27.4. The smallest absolute Gasteiger partial charge is 0.149 e. The molecule has 4 aliphatic heterocycles. The summed E-state index contributed by atoms with van der Waals surface area (Å²) in [5.41, 5.74) is 5.20. The van der Waals surface area contributed by atoms with E-state index in [0.717, 1.165) is 0 Å². The van der Waals surface area contributed by atoms with Crippen LogP contribution in [0.3, 0.4) is 0 Å². The zero-order valence-corrected chi connectivity index (χ0v) is 58.6. The number of rotatable bonds is 16. The first-order chi connectivity index (χ1) is 44.3. The molecular formula is C68H74Cl8N4O12. The van der Waals surface area contributed by atoms with Gasteiger partial charge in [0.1, 0.15) is 113 Å². The maximum absolute atomic E-state index is 7.51. The number of hydrogen-bond donors (Lipinski definition) is 2. The highest BCUT2D eigenvalue weighted by atomic mass is 35.5. The van der Waals surface area contributed by atoms with E-state index in [1.165, 1.54) is 0 Å². The Balaban J connectivity index is 1.40. The van der Waals surface area contributed by atoms with Crippen molar-refractivity contribution in [3.8, 4) is 91.0 Å². The first kappa shape index (κ1) is 68.5. The van der Waals surface area contributed by atoms with E-state index in [9.17, 15) is 0 Å². The van der Waals surface area contributed by atoms with Crippen LogP contribution in [0.4, 0.5) is 0 Å². The van der Waals surface area contributed by atoms with E-state index < -0.39 is 0 Å². The molecule has 0 fully saturated rings. The van der Waals surface area contributed by atoms with Crippen LogP contribution < -0.4 is 37.9 Å². The molecule has 11 rings (SSSR count). The quantitative estimate of drug-likeness (QED) is 0.0937. The van der Waals surface area contributed by atoms with Crippen LogP contribution in [0.5, 0.6) is 46.0 Å². The number of fused-ring (bicyclic) bond motifs is 8. The molecule has 4 aliphatic rings. The highest BCUT2D eigenvalue weighted by Gasteiger charge is 2.36. The molecule has 0 unspecified atom stereocenters. The van der Waals surface area contributed by atoms with E-state index in [2.05, 4.69) is 65.4 Å². The van der Waals surface area contributed by atoms with E-state index in [1.807, 2.05) is 24.3 Å². The van der Waals surface area contributed by atoms with Crippen molar-refractivity contribution in [2.24, 2.45) is 23.7 Å².